The van der Waals surface area contributed by atoms with Gasteiger partial charge in [-0.3, -0.25) is 4.99 Å². The molecule has 0 atom stereocenters. The van der Waals surface area contributed by atoms with E-state index in [1.807, 2.05) is 0 Å². The Hall–Kier alpha value is -1.33. The average molecular weight is 195 g/mol. The van der Waals surface area contributed by atoms with Gasteiger partial charge < -0.3 is 5.11 Å². The topological polar surface area (TPSA) is 49.7 Å². The lowest BCUT2D eigenvalue weighted by Gasteiger charge is -2.07. The molecule has 0 spiro atoms. The zero-order valence-corrected chi connectivity index (χ0v) is 7.01. The van der Waals surface area contributed by atoms with Crippen LogP contribution in [0.2, 0.25) is 0 Å². The molecule has 13 heavy (non-hydrogen) atoms. The summed E-state index contributed by atoms with van der Waals surface area (Å²) in [5.74, 6) is -1.64. The van der Waals surface area contributed by atoms with E-state index in [4.69, 9.17) is 5.11 Å². The quantitative estimate of drug-likeness (QED) is 0.538. The highest BCUT2D eigenvalue weighted by molar-refractivity contribution is 6.09. The van der Waals surface area contributed by atoms with Crippen LogP contribution < -0.4 is 0 Å². The molecule has 0 radical (unpaired) electrons. The van der Waals surface area contributed by atoms with Crippen molar-refractivity contribution in [1.29, 1.82) is 0 Å². The molecule has 0 aliphatic heterocycles. The maximum Gasteiger partial charge on any atom is 0.413 e. The molecule has 0 fully saturated rings. The highest BCUT2D eigenvalue weighted by atomic mass is 19.4. The van der Waals surface area contributed by atoms with E-state index in [0.29, 0.717) is 13.1 Å². The van der Waals surface area contributed by atoms with Gasteiger partial charge in [0.1, 0.15) is 0 Å². The van der Waals surface area contributed by atoms with Gasteiger partial charge in [-0.05, 0) is 6.92 Å². The fourth-order valence-electron chi connectivity index (χ4n) is 0.594. The monoisotopic (exact) mass is 195 g/mol. The normalized spacial score (nSPS) is 14.5. The van der Waals surface area contributed by atoms with Crippen molar-refractivity contribution in [2.75, 3.05) is 7.05 Å². The second-order valence-corrected chi connectivity index (χ2v) is 2.23. The molecule has 74 valence electrons. The van der Waals surface area contributed by atoms with Gasteiger partial charge in [0.05, 0.1) is 5.57 Å². The summed E-state index contributed by atoms with van der Waals surface area (Å²) in [6.45, 7) is 0.700. The average Bonchev–Trinajstić information content (AvgIpc) is 1.96. The smallest absolute Gasteiger partial charge is 0.413 e. The van der Waals surface area contributed by atoms with E-state index >= 15 is 0 Å². The summed E-state index contributed by atoms with van der Waals surface area (Å²) in [7, 11) is 1.20. The second kappa shape index (κ2) is 4.06. The Balaban J connectivity index is 5.22. The molecule has 0 amide bonds. The number of nitrogens with zero attached hydrogens (tertiary/aromatic N) is 1. The van der Waals surface area contributed by atoms with Gasteiger partial charge in [-0.2, -0.15) is 13.2 Å². The first-order valence-corrected chi connectivity index (χ1v) is 3.24. The summed E-state index contributed by atoms with van der Waals surface area (Å²) >= 11 is 0. The molecule has 0 aliphatic carbocycles. The SMILES string of the molecule is CN=C/C(C(=O)O)=C(\C)C(F)(F)F. The van der Waals surface area contributed by atoms with E-state index in [0.717, 1.165) is 0 Å². The van der Waals surface area contributed by atoms with Crippen molar-refractivity contribution in [3.63, 3.8) is 0 Å². The Morgan fingerprint density at radius 2 is 1.92 bits per heavy atom. The summed E-state index contributed by atoms with van der Waals surface area (Å²) in [4.78, 5) is 13.6. The van der Waals surface area contributed by atoms with Gasteiger partial charge in [0.25, 0.3) is 0 Å². The van der Waals surface area contributed by atoms with E-state index in [1.54, 1.807) is 0 Å². The zero-order valence-electron chi connectivity index (χ0n) is 7.01. The predicted octanol–water partition coefficient (Wildman–Crippen LogP) is 1.65. The first-order chi connectivity index (χ1) is 5.80. The minimum atomic E-state index is -4.63. The van der Waals surface area contributed by atoms with E-state index in [-0.39, 0.29) is 0 Å². The van der Waals surface area contributed by atoms with Crippen LogP contribution in [0.5, 0.6) is 0 Å². The fraction of sp³-hybridized carbons (Fsp3) is 0.429. The van der Waals surface area contributed by atoms with Crippen molar-refractivity contribution in [1.82, 2.24) is 0 Å². The van der Waals surface area contributed by atoms with Crippen LogP contribution in [0.4, 0.5) is 13.2 Å². The summed E-state index contributed by atoms with van der Waals surface area (Å²) in [6, 6.07) is 0. The van der Waals surface area contributed by atoms with Crippen molar-refractivity contribution in [2.45, 2.75) is 13.1 Å². The molecule has 0 heterocycles. The van der Waals surface area contributed by atoms with Crippen molar-refractivity contribution in [3.8, 4) is 0 Å². The summed E-state index contributed by atoms with van der Waals surface area (Å²) < 4.78 is 36.0. The summed E-state index contributed by atoms with van der Waals surface area (Å²) in [6.07, 6.45) is -3.96. The maximum absolute atomic E-state index is 12.0. The number of hydrogen-bond acceptors (Lipinski definition) is 2. The molecular weight excluding hydrogens is 187 g/mol. The molecule has 0 unspecified atom stereocenters. The molecule has 0 aromatic heterocycles. The molecule has 1 N–H and O–H groups in total. The Bertz CT molecular complexity index is 265. The molecule has 0 aliphatic rings. The van der Waals surface area contributed by atoms with E-state index in [1.165, 1.54) is 7.05 Å². The molecule has 3 nitrogen and oxygen atoms in total. The third-order valence-electron chi connectivity index (χ3n) is 1.32. The van der Waals surface area contributed by atoms with Crippen molar-refractivity contribution in [2.24, 2.45) is 4.99 Å². The molecule has 0 rings (SSSR count). The Labute approximate surface area is 72.6 Å². The van der Waals surface area contributed by atoms with E-state index < -0.39 is 23.3 Å². The third kappa shape index (κ3) is 3.27. The Kier molecular flexibility index (Phi) is 3.65. The maximum atomic E-state index is 12.0. The molecule has 0 saturated carbocycles. The number of alkyl halides is 3. The summed E-state index contributed by atoms with van der Waals surface area (Å²) in [5, 5.41) is 8.39. The van der Waals surface area contributed by atoms with Crippen LogP contribution in [-0.2, 0) is 4.79 Å². The minimum Gasteiger partial charge on any atom is -0.478 e. The number of carboxylic acids is 1. The van der Waals surface area contributed by atoms with Gasteiger partial charge in [-0.25, -0.2) is 4.79 Å². The van der Waals surface area contributed by atoms with Crippen LogP contribution in [0.25, 0.3) is 0 Å². The van der Waals surface area contributed by atoms with Gasteiger partial charge in [0, 0.05) is 18.8 Å². The first-order valence-electron chi connectivity index (χ1n) is 3.24. The van der Waals surface area contributed by atoms with Crippen LogP contribution in [0.3, 0.4) is 0 Å². The zero-order chi connectivity index (χ0) is 10.6. The Morgan fingerprint density at radius 3 is 2.15 bits per heavy atom. The largest absolute Gasteiger partial charge is 0.478 e. The number of hydrogen-bond donors (Lipinski definition) is 1. The van der Waals surface area contributed by atoms with Crippen molar-refractivity contribution >= 4 is 12.2 Å². The molecule has 0 saturated heterocycles. The van der Waals surface area contributed by atoms with Crippen LogP contribution in [-0.4, -0.2) is 30.5 Å². The van der Waals surface area contributed by atoms with E-state index in [9.17, 15) is 18.0 Å². The standard InChI is InChI=1S/C7H8F3NO2/c1-4(7(8,9)10)5(3-11-2)6(12)13/h3H,1-2H3,(H,12,13)/b5-4-,11-3?. The van der Waals surface area contributed by atoms with Crippen LogP contribution in [0.1, 0.15) is 6.92 Å². The lowest BCUT2D eigenvalue weighted by atomic mass is 10.1. The number of carbonyl (C=O) groups is 1. The highest BCUT2D eigenvalue weighted by Gasteiger charge is 2.34. The van der Waals surface area contributed by atoms with Gasteiger partial charge >= 0.3 is 12.1 Å². The lowest BCUT2D eigenvalue weighted by Crippen LogP contribution is -2.16. The predicted molar refractivity (Wildman–Crippen MR) is 40.8 cm³/mol. The van der Waals surface area contributed by atoms with Crippen LogP contribution in [0.15, 0.2) is 16.1 Å². The van der Waals surface area contributed by atoms with Crippen molar-refractivity contribution < 1.29 is 23.1 Å². The third-order valence-corrected chi connectivity index (χ3v) is 1.32. The van der Waals surface area contributed by atoms with Crippen molar-refractivity contribution in [3.05, 3.63) is 11.1 Å². The van der Waals surface area contributed by atoms with Crippen LogP contribution >= 0.6 is 0 Å². The van der Waals surface area contributed by atoms with Crippen LogP contribution in [0, 0.1) is 0 Å². The first kappa shape index (κ1) is 11.7. The van der Waals surface area contributed by atoms with Gasteiger partial charge in [-0.15, -0.1) is 0 Å². The number of rotatable bonds is 2. The van der Waals surface area contributed by atoms with E-state index in [2.05, 4.69) is 4.99 Å². The number of halogens is 3. The molecule has 0 bridgehead atoms. The molecule has 6 heteroatoms. The number of aliphatic imine (C=N–C) groups is 1. The molecule has 0 aromatic carbocycles. The van der Waals surface area contributed by atoms with Gasteiger partial charge in [-0.1, -0.05) is 0 Å². The lowest BCUT2D eigenvalue weighted by molar-refractivity contribution is -0.133. The second-order valence-electron chi connectivity index (χ2n) is 2.23. The number of allylic oxidation sites excluding steroid dienone is 1. The molecule has 0 aromatic rings. The highest BCUT2D eigenvalue weighted by Crippen LogP contribution is 2.27. The Morgan fingerprint density at radius 1 is 1.46 bits per heavy atom. The fourth-order valence-corrected chi connectivity index (χ4v) is 0.594. The van der Waals surface area contributed by atoms with Gasteiger partial charge in [0.15, 0.2) is 0 Å². The van der Waals surface area contributed by atoms with Gasteiger partial charge in [0.2, 0.25) is 0 Å². The molecular formula is C7H8F3NO2. The number of carboxylic acid groups (broad SMARTS) is 1. The minimum absolute atomic E-state index is 0.672. The summed E-state index contributed by atoms with van der Waals surface area (Å²) in [5.41, 5.74) is -2.00. The number of aliphatic carboxylic acids is 1.